The SMILES string of the molecule is CN(C(=N)N)C(=O)c1cc2c(C(F)(F)F)cc(OCCCN3CCCC3)cc2[nH]1. The van der Waals surface area contributed by atoms with E-state index in [1.54, 1.807) is 0 Å². The minimum absolute atomic E-state index is 0.0885. The predicted molar refractivity (Wildman–Crippen MR) is 103 cm³/mol. The summed E-state index contributed by atoms with van der Waals surface area (Å²) in [4.78, 5) is 18.1. The molecule has 0 saturated carbocycles. The number of alkyl halides is 3. The second kappa shape index (κ2) is 8.32. The quantitative estimate of drug-likeness (QED) is 0.387. The minimum Gasteiger partial charge on any atom is -0.493 e. The third kappa shape index (κ3) is 4.81. The summed E-state index contributed by atoms with van der Waals surface area (Å²) in [6, 6.07) is 3.52. The van der Waals surface area contributed by atoms with Crippen LogP contribution in [0.2, 0.25) is 0 Å². The van der Waals surface area contributed by atoms with E-state index in [0.717, 1.165) is 43.1 Å². The number of hydrogen-bond donors (Lipinski definition) is 3. The Balaban J connectivity index is 1.81. The number of aromatic amines is 1. The van der Waals surface area contributed by atoms with E-state index in [-0.39, 0.29) is 22.3 Å². The van der Waals surface area contributed by atoms with Gasteiger partial charge in [-0.05, 0) is 44.5 Å². The van der Waals surface area contributed by atoms with E-state index in [1.165, 1.54) is 26.0 Å². The molecule has 1 aliphatic heterocycles. The smallest absolute Gasteiger partial charge is 0.417 e. The summed E-state index contributed by atoms with van der Waals surface area (Å²) in [6.07, 6.45) is -1.53. The zero-order valence-electron chi connectivity index (χ0n) is 16.1. The van der Waals surface area contributed by atoms with Crippen molar-refractivity contribution in [2.24, 2.45) is 5.73 Å². The molecular formula is C19H24F3N5O2. The normalized spacial score (nSPS) is 15.0. The molecule has 1 fully saturated rings. The summed E-state index contributed by atoms with van der Waals surface area (Å²) in [5.41, 5.74) is 4.44. The van der Waals surface area contributed by atoms with Gasteiger partial charge >= 0.3 is 6.18 Å². The Morgan fingerprint density at radius 3 is 2.62 bits per heavy atom. The van der Waals surface area contributed by atoms with Crippen molar-refractivity contribution in [3.63, 3.8) is 0 Å². The Morgan fingerprint density at radius 2 is 2.00 bits per heavy atom. The van der Waals surface area contributed by atoms with E-state index < -0.39 is 23.6 Å². The zero-order chi connectivity index (χ0) is 21.2. The topological polar surface area (TPSA) is 98.4 Å². The van der Waals surface area contributed by atoms with E-state index in [2.05, 4.69) is 9.88 Å². The maximum absolute atomic E-state index is 13.6. The van der Waals surface area contributed by atoms with Gasteiger partial charge in [-0.3, -0.25) is 15.1 Å². The number of aromatic nitrogens is 1. The van der Waals surface area contributed by atoms with Crippen molar-refractivity contribution in [3.8, 4) is 5.75 Å². The van der Waals surface area contributed by atoms with Crippen molar-refractivity contribution in [2.75, 3.05) is 33.3 Å². The molecule has 1 aromatic heterocycles. The van der Waals surface area contributed by atoms with Crippen LogP contribution in [0, 0.1) is 5.41 Å². The van der Waals surface area contributed by atoms with Crippen LogP contribution in [0.1, 0.15) is 35.3 Å². The number of amides is 1. The number of nitrogens with zero attached hydrogens (tertiary/aromatic N) is 2. The molecule has 3 rings (SSSR count). The van der Waals surface area contributed by atoms with Crippen LogP contribution in [0.4, 0.5) is 13.2 Å². The van der Waals surface area contributed by atoms with E-state index in [4.69, 9.17) is 15.9 Å². The number of nitrogens with two attached hydrogens (primary N) is 1. The van der Waals surface area contributed by atoms with Gasteiger partial charge < -0.3 is 20.4 Å². The third-order valence-corrected chi connectivity index (χ3v) is 5.00. The summed E-state index contributed by atoms with van der Waals surface area (Å²) in [5.74, 6) is -1.12. The zero-order valence-corrected chi connectivity index (χ0v) is 16.1. The predicted octanol–water partition coefficient (Wildman–Crippen LogP) is 3.02. The van der Waals surface area contributed by atoms with Gasteiger partial charge in [-0.2, -0.15) is 13.2 Å². The number of H-pyrrole nitrogens is 1. The fourth-order valence-corrected chi connectivity index (χ4v) is 3.42. The molecule has 2 aromatic rings. The summed E-state index contributed by atoms with van der Waals surface area (Å²) in [5, 5.41) is 7.18. The molecular weight excluding hydrogens is 387 g/mol. The average molecular weight is 411 g/mol. The van der Waals surface area contributed by atoms with Crippen molar-refractivity contribution in [3.05, 3.63) is 29.5 Å². The van der Waals surface area contributed by atoms with Crippen molar-refractivity contribution in [2.45, 2.75) is 25.4 Å². The maximum atomic E-state index is 13.6. The Hall–Kier alpha value is -2.75. The lowest BCUT2D eigenvalue weighted by Crippen LogP contribution is -2.38. The molecule has 29 heavy (non-hydrogen) atoms. The molecule has 4 N–H and O–H groups in total. The molecule has 0 aliphatic carbocycles. The number of rotatable bonds is 6. The second-order valence-corrected chi connectivity index (χ2v) is 7.11. The fraction of sp³-hybridized carbons (Fsp3) is 0.474. The van der Waals surface area contributed by atoms with E-state index in [1.807, 2.05) is 0 Å². The molecule has 0 unspecified atom stereocenters. The molecule has 0 atom stereocenters. The number of likely N-dealkylation sites (tertiary alicyclic amines) is 1. The van der Waals surface area contributed by atoms with E-state index in [9.17, 15) is 18.0 Å². The fourth-order valence-electron chi connectivity index (χ4n) is 3.42. The standard InChI is InChI=1S/C19H24F3N5O2/c1-26(18(23)24)17(28)16-11-13-14(19(20,21)22)9-12(10-15(13)25-16)29-8-4-7-27-5-2-3-6-27/h9-11,25H,2-8H2,1H3,(H3,23,24). The first kappa shape index (κ1) is 21.0. The van der Waals surface area contributed by atoms with Gasteiger partial charge in [-0.15, -0.1) is 0 Å². The number of halogens is 3. The molecule has 0 bridgehead atoms. The van der Waals surface area contributed by atoms with Crippen LogP contribution in [0.15, 0.2) is 18.2 Å². The largest absolute Gasteiger partial charge is 0.493 e. The van der Waals surface area contributed by atoms with Gasteiger partial charge in [0, 0.05) is 25.0 Å². The molecule has 7 nitrogen and oxygen atoms in total. The van der Waals surface area contributed by atoms with Gasteiger partial charge in [-0.1, -0.05) is 0 Å². The first-order valence-corrected chi connectivity index (χ1v) is 9.38. The Kier molecular flexibility index (Phi) is 6.02. The van der Waals surface area contributed by atoms with Gasteiger partial charge in [0.2, 0.25) is 0 Å². The highest BCUT2D eigenvalue weighted by molar-refractivity contribution is 6.06. The number of hydrogen-bond acceptors (Lipinski definition) is 4. The summed E-state index contributed by atoms with van der Waals surface area (Å²) >= 11 is 0. The molecule has 0 spiro atoms. The lowest BCUT2D eigenvalue weighted by Gasteiger charge is -2.15. The van der Waals surface area contributed by atoms with Crippen molar-refractivity contribution < 1.29 is 22.7 Å². The number of carbonyl (C=O) groups is 1. The van der Waals surface area contributed by atoms with Gasteiger partial charge in [0.05, 0.1) is 17.7 Å². The Labute approximate surface area is 166 Å². The van der Waals surface area contributed by atoms with Crippen LogP contribution >= 0.6 is 0 Å². The molecule has 10 heteroatoms. The average Bonchev–Trinajstić information content (AvgIpc) is 3.31. The molecule has 1 saturated heterocycles. The van der Waals surface area contributed by atoms with Crippen molar-refractivity contribution in [1.29, 1.82) is 5.41 Å². The number of carbonyl (C=O) groups excluding carboxylic acids is 1. The van der Waals surface area contributed by atoms with Gasteiger partial charge in [0.1, 0.15) is 11.4 Å². The summed E-state index contributed by atoms with van der Waals surface area (Å²) < 4.78 is 46.3. The molecule has 1 amide bonds. The summed E-state index contributed by atoms with van der Waals surface area (Å²) in [6.45, 7) is 3.27. The molecule has 158 valence electrons. The number of fused-ring (bicyclic) bond motifs is 1. The van der Waals surface area contributed by atoms with Gasteiger partial charge in [0.25, 0.3) is 5.91 Å². The number of benzene rings is 1. The van der Waals surface area contributed by atoms with Crippen LogP contribution in [0.3, 0.4) is 0 Å². The molecule has 1 aromatic carbocycles. The first-order valence-electron chi connectivity index (χ1n) is 9.38. The second-order valence-electron chi connectivity index (χ2n) is 7.11. The highest BCUT2D eigenvalue weighted by Gasteiger charge is 2.34. The highest BCUT2D eigenvalue weighted by atomic mass is 19.4. The van der Waals surface area contributed by atoms with Crippen LogP contribution in [-0.2, 0) is 6.18 Å². The lowest BCUT2D eigenvalue weighted by atomic mass is 10.1. The number of nitrogens with one attached hydrogen (secondary N) is 2. The highest BCUT2D eigenvalue weighted by Crippen LogP contribution is 2.38. The van der Waals surface area contributed by atoms with Crippen molar-refractivity contribution in [1.82, 2.24) is 14.8 Å². The van der Waals surface area contributed by atoms with Gasteiger partial charge in [0.15, 0.2) is 5.96 Å². The Morgan fingerprint density at radius 1 is 1.31 bits per heavy atom. The van der Waals surface area contributed by atoms with Crippen LogP contribution in [0.25, 0.3) is 10.9 Å². The number of ether oxygens (including phenoxy) is 1. The van der Waals surface area contributed by atoms with E-state index in [0.29, 0.717) is 6.61 Å². The first-order chi connectivity index (χ1) is 13.7. The molecule has 2 heterocycles. The van der Waals surface area contributed by atoms with Crippen LogP contribution in [0.5, 0.6) is 5.75 Å². The molecule has 0 radical (unpaired) electrons. The van der Waals surface area contributed by atoms with E-state index >= 15 is 0 Å². The molecule has 1 aliphatic rings. The Bertz CT molecular complexity index is 903. The van der Waals surface area contributed by atoms with Crippen LogP contribution in [-0.4, -0.2) is 59.9 Å². The number of guanidine groups is 1. The summed E-state index contributed by atoms with van der Waals surface area (Å²) in [7, 11) is 1.27. The van der Waals surface area contributed by atoms with Gasteiger partial charge in [-0.25, -0.2) is 0 Å². The van der Waals surface area contributed by atoms with Crippen LogP contribution < -0.4 is 10.5 Å². The lowest BCUT2D eigenvalue weighted by molar-refractivity contribution is -0.136. The third-order valence-electron chi connectivity index (χ3n) is 5.00. The monoisotopic (exact) mass is 411 g/mol. The van der Waals surface area contributed by atoms with Crippen molar-refractivity contribution >= 4 is 22.8 Å². The minimum atomic E-state index is -4.61. The maximum Gasteiger partial charge on any atom is 0.417 e.